The molecule has 0 aliphatic carbocycles. The molecule has 1 rings (SSSR count). The molecule has 0 aromatic carbocycles. The van der Waals surface area contributed by atoms with Gasteiger partial charge in [-0.15, -0.1) is 0 Å². The van der Waals surface area contributed by atoms with Gasteiger partial charge in [-0.1, -0.05) is 15.9 Å². The van der Waals surface area contributed by atoms with E-state index in [0.717, 1.165) is 6.42 Å². The molecule has 0 N–H and O–H groups in total. The predicted octanol–water partition coefficient (Wildman–Crippen LogP) is 1.09. The Kier molecular flexibility index (Phi) is 1.31. The van der Waals surface area contributed by atoms with Gasteiger partial charge in [-0.3, -0.25) is 4.79 Å². The van der Waals surface area contributed by atoms with Gasteiger partial charge in [0.25, 0.3) is 0 Å². The van der Waals surface area contributed by atoms with E-state index in [4.69, 9.17) is 0 Å². The molecule has 0 unspecified atom stereocenters. The van der Waals surface area contributed by atoms with Crippen molar-refractivity contribution in [2.45, 2.75) is 17.7 Å². The highest BCUT2D eigenvalue weighted by Gasteiger charge is 2.36. The van der Waals surface area contributed by atoms with Gasteiger partial charge >= 0.3 is 5.97 Å². The Labute approximate surface area is 56.3 Å². The molecule has 1 atom stereocenters. The van der Waals surface area contributed by atoms with E-state index in [-0.39, 0.29) is 5.97 Å². The number of rotatable bonds is 0. The number of alkyl halides is 1. The molecule has 1 aliphatic rings. The van der Waals surface area contributed by atoms with Crippen LogP contribution in [0.4, 0.5) is 0 Å². The molecule has 0 amide bonds. The second-order valence-corrected chi connectivity index (χ2v) is 3.83. The van der Waals surface area contributed by atoms with Crippen molar-refractivity contribution in [1.82, 2.24) is 0 Å². The molecule has 0 saturated carbocycles. The van der Waals surface area contributed by atoms with E-state index in [9.17, 15) is 4.79 Å². The number of halogens is 1. The van der Waals surface area contributed by atoms with Crippen LogP contribution in [0.3, 0.4) is 0 Å². The topological polar surface area (TPSA) is 26.3 Å². The maximum atomic E-state index is 10.6. The average Bonchev–Trinajstić information content (AvgIpc) is 1.86. The lowest BCUT2D eigenvalue weighted by atomic mass is 10.1. The highest BCUT2D eigenvalue weighted by molar-refractivity contribution is 9.10. The molecule has 0 aromatic heterocycles. The fraction of sp³-hybridized carbons (Fsp3) is 0.800. The fourth-order valence-electron chi connectivity index (χ4n) is 0.588. The Morgan fingerprint density at radius 3 is 2.62 bits per heavy atom. The van der Waals surface area contributed by atoms with E-state index in [1.807, 2.05) is 6.92 Å². The first-order chi connectivity index (χ1) is 3.63. The maximum absolute atomic E-state index is 10.6. The van der Waals surface area contributed by atoms with Crippen LogP contribution in [0.5, 0.6) is 0 Å². The molecule has 1 aliphatic heterocycles. The molecule has 0 aromatic rings. The molecule has 1 saturated heterocycles. The molecule has 3 heteroatoms. The molecular weight excluding hydrogens is 172 g/mol. The maximum Gasteiger partial charge on any atom is 0.322 e. The van der Waals surface area contributed by atoms with Crippen LogP contribution in [0.1, 0.15) is 13.3 Å². The third kappa shape index (κ3) is 0.869. The monoisotopic (exact) mass is 178 g/mol. The third-order valence-electron chi connectivity index (χ3n) is 1.23. The van der Waals surface area contributed by atoms with Crippen molar-refractivity contribution in [2.75, 3.05) is 6.61 Å². The Morgan fingerprint density at radius 2 is 2.50 bits per heavy atom. The summed E-state index contributed by atoms with van der Waals surface area (Å²) in [5.41, 5.74) is 0. The number of esters is 1. The van der Waals surface area contributed by atoms with E-state index in [1.165, 1.54) is 0 Å². The molecule has 46 valence electrons. The Bertz CT molecular complexity index is 120. The summed E-state index contributed by atoms with van der Waals surface area (Å²) in [6, 6.07) is 0. The minimum atomic E-state index is -0.396. The first-order valence-electron chi connectivity index (χ1n) is 2.49. The Balaban J connectivity index is 2.68. The number of carbonyl (C=O) groups excluding carboxylic acids is 1. The van der Waals surface area contributed by atoms with Gasteiger partial charge in [-0.05, 0) is 6.92 Å². The number of hydrogen-bond acceptors (Lipinski definition) is 2. The van der Waals surface area contributed by atoms with Gasteiger partial charge in [-0.25, -0.2) is 0 Å². The van der Waals surface area contributed by atoms with Crippen LogP contribution in [0.2, 0.25) is 0 Å². The second-order valence-electron chi connectivity index (χ2n) is 2.08. The summed E-state index contributed by atoms with van der Waals surface area (Å²) in [6.45, 7) is 2.38. The number of hydrogen-bond donors (Lipinski definition) is 0. The van der Waals surface area contributed by atoms with Gasteiger partial charge in [0.1, 0.15) is 4.32 Å². The van der Waals surface area contributed by atoms with Crippen LogP contribution in [0.25, 0.3) is 0 Å². The Morgan fingerprint density at radius 1 is 1.88 bits per heavy atom. The van der Waals surface area contributed by atoms with E-state index in [2.05, 4.69) is 20.7 Å². The summed E-state index contributed by atoms with van der Waals surface area (Å²) < 4.78 is 4.29. The molecule has 1 fully saturated rings. The minimum absolute atomic E-state index is 0.141. The largest absolute Gasteiger partial charge is 0.465 e. The van der Waals surface area contributed by atoms with Crippen molar-refractivity contribution in [1.29, 1.82) is 0 Å². The standard InChI is InChI=1S/C5H7BrO2/c1-5(6)2-3-8-4(5)7/h2-3H2,1H3/t5-/m1/s1. The van der Waals surface area contributed by atoms with Crippen LogP contribution in [-0.4, -0.2) is 16.9 Å². The SMILES string of the molecule is C[C@@]1(Br)CCOC1=O. The van der Waals surface area contributed by atoms with E-state index < -0.39 is 4.32 Å². The van der Waals surface area contributed by atoms with Gasteiger partial charge < -0.3 is 4.74 Å². The lowest BCUT2D eigenvalue weighted by molar-refractivity contribution is -0.139. The summed E-state index contributed by atoms with van der Waals surface area (Å²) in [5.74, 6) is -0.141. The van der Waals surface area contributed by atoms with Crippen molar-refractivity contribution >= 4 is 21.9 Å². The summed E-state index contributed by atoms with van der Waals surface area (Å²) in [7, 11) is 0. The number of carbonyl (C=O) groups is 1. The zero-order valence-electron chi connectivity index (χ0n) is 4.61. The van der Waals surface area contributed by atoms with E-state index in [0.29, 0.717) is 6.61 Å². The second kappa shape index (κ2) is 1.72. The van der Waals surface area contributed by atoms with Crippen molar-refractivity contribution in [3.8, 4) is 0 Å². The molecule has 0 spiro atoms. The van der Waals surface area contributed by atoms with Crippen LogP contribution in [-0.2, 0) is 9.53 Å². The zero-order valence-corrected chi connectivity index (χ0v) is 6.19. The molecule has 1 heterocycles. The average molecular weight is 179 g/mol. The molecule has 8 heavy (non-hydrogen) atoms. The fourth-order valence-corrected chi connectivity index (χ4v) is 0.864. The highest BCUT2D eigenvalue weighted by Crippen LogP contribution is 2.28. The summed E-state index contributed by atoms with van der Waals surface area (Å²) in [6.07, 6.45) is 0.784. The summed E-state index contributed by atoms with van der Waals surface area (Å²) in [5, 5.41) is 0. The quantitative estimate of drug-likeness (QED) is 0.411. The summed E-state index contributed by atoms with van der Waals surface area (Å²) >= 11 is 3.23. The van der Waals surface area contributed by atoms with E-state index >= 15 is 0 Å². The van der Waals surface area contributed by atoms with Crippen molar-refractivity contribution < 1.29 is 9.53 Å². The molecular formula is C5H7BrO2. The first kappa shape index (κ1) is 6.08. The van der Waals surface area contributed by atoms with Gasteiger partial charge in [0, 0.05) is 6.42 Å². The van der Waals surface area contributed by atoms with Gasteiger partial charge in [0.2, 0.25) is 0 Å². The van der Waals surface area contributed by atoms with E-state index in [1.54, 1.807) is 0 Å². The lowest BCUT2D eigenvalue weighted by Crippen LogP contribution is -2.21. The lowest BCUT2D eigenvalue weighted by Gasteiger charge is -2.05. The summed E-state index contributed by atoms with van der Waals surface area (Å²) in [4.78, 5) is 10.6. The molecule has 0 radical (unpaired) electrons. The molecule has 0 bridgehead atoms. The van der Waals surface area contributed by atoms with Crippen LogP contribution in [0, 0.1) is 0 Å². The van der Waals surface area contributed by atoms with Gasteiger partial charge in [-0.2, -0.15) is 0 Å². The van der Waals surface area contributed by atoms with Crippen LogP contribution >= 0.6 is 15.9 Å². The van der Waals surface area contributed by atoms with Gasteiger partial charge in [0.05, 0.1) is 6.61 Å². The van der Waals surface area contributed by atoms with Gasteiger partial charge in [0.15, 0.2) is 0 Å². The highest BCUT2D eigenvalue weighted by atomic mass is 79.9. The number of ether oxygens (including phenoxy) is 1. The first-order valence-corrected chi connectivity index (χ1v) is 3.28. The smallest absolute Gasteiger partial charge is 0.322 e. The zero-order chi connectivity index (χ0) is 6.20. The van der Waals surface area contributed by atoms with Crippen molar-refractivity contribution in [3.63, 3.8) is 0 Å². The number of cyclic esters (lactones) is 1. The third-order valence-corrected chi connectivity index (χ3v) is 1.95. The van der Waals surface area contributed by atoms with Crippen LogP contribution < -0.4 is 0 Å². The Hall–Kier alpha value is -0.0500. The predicted molar refractivity (Wildman–Crippen MR) is 32.9 cm³/mol. The van der Waals surface area contributed by atoms with Crippen molar-refractivity contribution in [2.24, 2.45) is 0 Å². The van der Waals surface area contributed by atoms with Crippen LogP contribution in [0.15, 0.2) is 0 Å². The normalized spacial score (nSPS) is 37.5. The molecule has 2 nitrogen and oxygen atoms in total. The van der Waals surface area contributed by atoms with Crippen molar-refractivity contribution in [3.05, 3.63) is 0 Å². The minimum Gasteiger partial charge on any atom is -0.465 e.